The molecule has 1 aliphatic heterocycles. The molecule has 6 rings (SSSR count). The van der Waals surface area contributed by atoms with E-state index in [0.717, 1.165) is 55.7 Å². The van der Waals surface area contributed by atoms with Crippen molar-refractivity contribution >= 4 is 16.6 Å². The van der Waals surface area contributed by atoms with E-state index in [1.54, 1.807) is 7.11 Å². The highest BCUT2D eigenvalue weighted by Gasteiger charge is 2.34. The van der Waals surface area contributed by atoms with E-state index in [-0.39, 0.29) is 17.6 Å². The standard InChI is InChI=1S/C28H33N7O2/c1-37-23-13-12-20-18-24(28(36)29-25(20)19-23)26(27-30-31-32-35(27)22-10-6-3-7-11-22)34-16-14-33(15-17-34)21-8-4-2-5-9-21/h2,4-5,8-9,12-13,18-19,22,26H,3,6-7,10-11,14-17H2,1H3,(H,29,36)/t26-/m0/s1. The quantitative estimate of drug-likeness (QED) is 0.430. The Morgan fingerprint density at radius 2 is 1.76 bits per heavy atom. The number of ether oxygens (including phenoxy) is 1. The zero-order valence-corrected chi connectivity index (χ0v) is 21.2. The van der Waals surface area contributed by atoms with Crippen molar-refractivity contribution in [3.8, 4) is 5.75 Å². The average molecular weight is 500 g/mol. The fourth-order valence-corrected chi connectivity index (χ4v) is 5.87. The minimum absolute atomic E-state index is 0.116. The fraction of sp³-hybridized carbons (Fsp3) is 0.429. The summed E-state index contributed by atoms with van der Waals surface area (Å²) >= 11 is 0. The first-order valence-electron chi connectivity index (χ1n) is 13.2. The molecule has 37 heavy (non-hydrogen) atoms. The van der Waals surface area contributed by atoms with Crippen molar-refractivity contribution in [1.29, 1.82) is 0 Å². The third kappa shape index (κ3) is 4.71. The van der Waals surface area contributed by atoms with Crippen LogP contribution in [0.5, 0.6) is 5.75 Å². The van der Waals surface area contributed by atoms with E-state index < -0.39 is 0 Å². The third-order valence-electron chi connectivity index (χ3n) is 7.86. The second kappa shape index (κ2) is 10.3. The van der Waals surface area contributed by atoms with Crippen LogP contribution in [0.4, 0.5) is 5.69 Å². The van der Waals surface area contributed by atoms with Crippen LogP contribution in [0.25, 0.3) is 10.9 Å². The van der Waals surface area contributed by atoms with Gasteiger partial charge in [0.1, 0.15) is 11.8 Å². The van der Waals surface area contributed by atoms with Crippen LogP contribution in [0.3, 0.4) is 0 Å². The molecule has 0 bridgehead atoms. The summed E-state index contributed by atoms with van der Waals surface area (Å²) in [5.41, 5.74) is 2.54. The van der Waals surface area contributed by atoms with Crippen LogP contribution in [-0.4, -0.2) is 63.4 Å². The number of nitrogens with zero attached hydrogens (tertiary/aromatic N) is 6. The van der Waals surface area contributed by atoms with Gasteiger partial charge in [-0.05, 0) is 59.0 Å². The van der Waals surface area contributed by atoms with Gasteiger partial charge in [-0.3, -0.25) is 9.69 Å². The van der Waals surface area contributed by atoms with Crippen molar-refractivity contribution in [2.45, 2.75) is 44.2 Å². The molecule has 1 aliphatic carbocycles. The zero-order valence-electron chi connectivity index (χ0n) is 21.2. The molecule has 2 fully saturated rings. The maximum Gasteiger partial charge on any atom is 0.253 e. The predicted octanol–water partition coefficient (Wildman–Crippen LogP) is 3.94. The summed E-state index contributed by atoms with van der Waals surface area (Å²) in [6.07, 6.45) is 5.76. The number of piperazine rings is 1. The lowest BCUT2D eigenvalue weighted by Crippen LogP contribution is -2.49. The Kier molecular flexibility index (Phi) is 6.61. The molecule has 2 aromatic heterocycles. The third-order valence-corrected chi connectivity index (χ3v) is 7.86. The Hall–Kier alpha value is -3.72. The van der Waals surface area contributed by atoms with Crippen LogP contribution in [0, 0.1) is 0 Å². The first kappa shape index (κ1) is 23.7. The Bertz CT molecular complexity index is 1400. The number of fused-ring (bicyclic) bond motifs is 1. The molecule has 0 radical (unpaired) electrons. The van der Waals surface area contributed by atoms with Gasteiger partial charge >= 0.3 is 0 Å². The van der Waals surface area contributed by atoms with Crippen molar-refractivity contribution in [2.24, 2.45) is 0 Å². The lowest BCUT2D eigenvalue weighted by Gasteiger charge is -2.40. The molecule has 2 aromatic carbocycles. The molecule has 9 heteroatoms. The van der Waals surface area contributed by atoms with Crippen molar-refractivity contribution < 1.29 is 4.74 Å². The van der Waals surface area contributed by atoms with E-state index in [1.807, 2.05) is 35.0 Å². The minimum Gasteiger partial charge on any atom is -0.497 e. The number of methoxy groups -OCH3 is 1. The molecule has 192 valence electrons. The van der Waals surface area contributed by atoms with Gasteiger partial charge in [-0.1, -0.05) is 37.5 Å². The molecule has 0 unspecified atom stereocenters. The van der Waals surface area contributed by atoms with Gasteiger partial charge in [0.25, 0.3) is 5.56 Å². The number of benzene rings is 2. The van der Waals surface area contributed by atoms with Crippen molar-refractivity contribution in [3.05, 3.63) is 76.3 Å². The molecule has 2 aliphatic rings. The number of hydrogen-bond acceptors (Lipinski definition) is 7. The summed E-state index contributed by atoms with van der Waals surface area (Å²) < 4.78 is 7.36. The molecule has 0 spiro atoms. The fourth-order valence-electron chi connectivity index (χ4n) is 5.87. The summed E-state index contributed by atoms with van der Waals surface area (Å²) in [7, 11) is 1.63. The normalized spacial score (nSPS) is 18.2. The van der Waals surface area contributed by atoms with Crippen molar-refractivity contribution in [1.82, 2.24) is 30.1 Å². The molecular formula is C28H33N7O2. The Morgan fingerprint density at radius 3 is 2.51 bits per heavy atom. The van der Waals surface area contributed by atoms with Crippen LogP contribution in [0.2, 0.25) is 0 Å². The average Bonchev–Trinajstić information content (AvgIpc) is 3.44. The summed E-state index contributed by atoms with van der Waals surface area (Å²) in [5.74, 6) is 1.48. The number of anilines is 1. The topological polar surface area (TPSA) is 92.2 Å². The van der Waals surface area contributed by atoms with Gasteiger partial charge < -0.3 is 14.6 Å². The van der Waals surface area contributed by atoms with Gasteiger partial charge in [0.15, 0.2) is 5.82 Å². The van der Waals surface area contributed by atoms with Gasteiger partial charge in [-0.2, -0.15) is 0 Å². The minimum atomic E-state index is -0.329. The first-order chi connectivity index (χ1) is 18.2. The van der Waals surface area contributed by atoms with Crippen LogP contribution < -0.4 is 15.2 Å². The van der Waals surface area contributed by atoms with Gasteiger partial charge in [-0.25, -0.2) is 4.68 Å². The second-order valence-corrected chi connectivity index (χ2v) is 10.0. The molecule has 1 saturated carbocycles. The van der Waals surface area contributed by atoms with Crippen LogP contribution in [0.1, 0.15) is 55.6 Å². The number of para-hydroxylation sites is 1. The predicted molar refractivity (Wildman–Crippen MR) is 143 cm³/mol. The van der Waals surface area contributed by atoms with Crippen LogP contribution in [-0.2, 0) is 0 Å². The van der Waals surface area contributed by atoms with Crippen molar-refractivity contribution in [2.75, 3.05) is 38.2 Å². The lowest BCUT2D eigenvalue weighted by atomic mass is 9.95. The van der Waals surface area contributed by atoms with Crippen LogP contribution >= 0.6 is 0 Å². The Morgan fingerprint density at radius 1 is 0.973 bits per heavy atom. The second-order valence-electron chi connectivity index (χ2n) is 10.0. The molecule has 1 N–H and O–H groups in total. The number of rotatable bonds is 6. The molecule has 4 aromatic rings. The largest absolute Gasteiger partial charge is 0.497 e. The lowest BCUT2D eigenvalue weighted by molar-refractivity contribution is 0.192. The number of pyridine rings is 1. The summed E-state index contributed by atoms with van der Waals surface area (Å²) in [6, 6.07) is 18.2. The molecule has 1 atom stereocenters. The number of aromatic nitrogens is 5. The first-order valence-corrected chi connectivity index (χ1v) is 13.2. The van der Waals surface area contributed by atoms with Gasteiger partial charge in [0.2, 0.25) is 0 Å². The van der Waals surface area contributed by atoms with E-state index in [1.165, 1.54) is 24.9 Å². The maximum atomic E-state index is 13.6. The molecule has 9 nitrogen and oxygen atoms in total. The van der Waals surface area contributed by atoms with E-state index in [9.17, 15) is 4.79 Å². The van der Waals surface area contributed by atoms with E-state index in [0.29, 0.717) is 11.3 Å². The number of H-pyrrole nitrogens is 1. The van der Waals surface area contributed by atoms with E-state index >= 15 is 0 Å². The highest BCUT2D eigenvalue weighted by Crippen LogP contribution is 2.34. The van der Waals surface area contributed by atoms with E-state index in [4.69, 9.17) is 4.74 Å². The smallest absolute Gasteiger partial charge is 0.253 e. The molecule has 0 amide bonds. The SMILES string of the molecule is COc1ccc2cc([C@@H](c3nnnn3C3CCCCC3)N3CCN(c4ccccc4)CC3)c(=O)[nH]c2c1. The maximum absolute atomic E-state index is 13.6. The number of tetrazole rings is 1. The molecular weight excluding hydrogens is 466 g/mol. The number of aromatic amines is 1. The number of hydrogen-bond donors (Lipinski definition) is 1. The Balaban J connectivity index is 1.39. The van der Waals surface area contributed by atoms with E-state index in [2.05, 4.69) is 54.6 Å². The Labute approximate surface area is 216 Å². The van der Waals surface area contributed by atoms with Gasteiger partial charge in [0, 0.05) is 43.5 Å². The van der Waals surface area contributed by atoms with Gasteiger partial charge in [0.05, 0.1) is 18.7 Å². The molecule has 3 heterocycles. The monoisotopic (exact) mass is 499 g/mol. The van der Waals surface area contributed by atoms with Gasteiger partial charge in [-0.15, -0.1) is 5.10 Å². The zero-order chi connectivity index (χ0) is 25.2. The number of nitrogens with one attached hydrogen (secondary N) is 1. The summed E-state index contributed by atoms with van der Waals surface area (Å²) in [5, 5.41) is 14.1. The molecule has 1 saturated heterocycles. The summed E-state index contributed by atoms with van der Waals surface area (Å²) in [4.78, 5) is 21.4. The van der Waals surface area contributed by atoms with Crippen molar-refractivity contribution in [3.63, 3.8) is 0 Å². The highest BCUT2D eigenvalue weighted by molar-refractivity contribution is 5.80. The van der Waals surface area contributed by atoms with Crippen LogP contribution in [0.15, 0.2) is 59.4 Å². The summed E-state index contributed by atoms with van der Waals surface area (Å²) in [6.45, 7) is 3.34. The highest BCUT2D eigenvalue weighted by atomic mass is 16.5.